The normalized spacial score (nSPS) is 15.8. The molecule has 1 aromatic rings. The number of carbonyl (C=O) groups is 2. The van der Waals surface area contributed by atoms with E-state index in [-0.39, 0.29) is 18.0 Å². The molecule has 25 heavy (non-hydrogen) atoms. The van der Waals surface area contributed by atoms with Crippen molar-refractivity contribution in [2.24, 2.45) is 11.3 Å². The molecule has 1 unspecified atom stereocenters. The molecule has 0 aliphatic heterocycles. The maximum atomic E-state index is 12.1. The van der Waals surface area contributed by atoms with Crippen molar-refractivity contribution in [3.63, 3.8) is 0 Å². The summed E-state index contributed by atoms with van der Waals surface area (Å²) in [5.41, 5.74) is 0.0469. The monoisotopic (exact) mass is 344 g/mol. The number of allylic oxidation sites excluding steroid dienone is 1. The highest BCUT2D eigenvalue weighted by atomic mass is 16.5. The van der Waals surface area contributed by atoms with Gasteiger partial charge in [0.05, 0.1) is 17.6 Å². The van der Waals surface area contributed by atoms with Gasteiger partial charge in [0.1, 0.15) is 6.10 Å². The van der Waals surface area contributed by atoms with Crippen LogP contribution < -0.4 is 0 Å². The van der Waals surface area contributed by atoms with Crippen LogP contribution in [0.5, 0.6) is 0 Å². The second kappa shape index (κ2) is 8.84. The molecule has 0 saturated heterocycles. The minimum atomic E-state index is -0.497. The van der Waals surface area contributed by atoms with Gasteiger partial charge < -0.3 is 9.47 Å². The van der Waals surface area contributed by atoms with Crippen molar-refractivity contribution in [3.05, 3.63) is 48.0 Å². The van der Waals surface area contributed by atoms with E-state index in [2.05, 4.69) is 0 Å². The molecule has 4 nitrogen and oxygen atoms in total. The van der Waals surface area contributed by atoms with Gasteiger partial charge in [0, 0.05) is 0 Å². The van der Waals surface area contributed by atoms with Crippen LogP contribution in [0.3, 0.4) is 0 Å². The molecule has 1 aliphatic carbocycles. The van der Waals surface area contributed by atoms with Crippen LogP contribution in [0.4, 0.5) is 0 Å². The fraction of sp³-hybridized carbons (Fsp3) is 0.524. The Labute approximate surface area is 150 Å². The third kappa shape index (κ3) is 6.73. The van der Waals surface area contributed by atoms with Crippen LogP contribution in [-0.2, 0) is 14.3 Å². The molecule has 0 aromatic heterocycles. The first-order valence-electron chi connectivity index (χ1n) is 8.98. The highest BCUT2D eigenvalue weighted by molar-refractivity contribution is 5.89. The van der Waals surface area contributed by atoms with Gasteiger partial charge in [-0.25, -0.2) is 4.79 Å². The molecule has 2 rings (SSSR count). The Kier molecular flexibility index (Phi) is 6.80. The highest BCUT2D eigenvalue weighted by Crippen LogP contribution is 2.31. The summed E-state index contributed by atoms with van der Waals surface area (Å²) in [7, 11) is 0. The Hall–Kier alpha value is -2.10. The van der Waals surface area contributed by atoms with E-state index in [1.54, 1.807) is 12.1 Å². The zero-order valence-electron chi connectivity index (χ0n) is 15.4. The largest absolute Gasteiger partial charge is 0.465 e. The topological polar surface area (TPSA) is 52.6 Å². The van der Waals surface area contributed by atoms with Crippen molar-refractivity contribution in [1.29, 1.82) is 0 Å². The smallest absolute Gasteiger partial charge is 0.338 e. The number of hydrogen-bond donors (Lipinski definition) is 0. The first kappa shape index (κ1) is 19.2. The molecule has 1 atom stereocenters. The van der Waals surface area contributed by atoms with Gasteiger partial charge in [-0.1, -0.05) is 24.3 Å². The van der Waals surface area contributed by atoms with Crippen LogP contribution in [0.25, 0.3) is 0 Å². The number of rotatable bonds is 9. The zero-order chi connectivity index (χ0) is 18.3. The SMILES string of the molecule is CC(/C=C/CCC(C)(C)C(=O)OCC1CC1)OC(=O)c1ccccc1. The summed E-state index contributed by atoms with van der Waals surface area (Å²) in [4.78, 5) is 24.1. The summed E-state index contributed by atoms with van der Waals surface area (Å²) < 4.78 is 10.7. The van der Waals surface area contributed by atoms with Gasteiger partial charge in [-0.05, 0) is 70.6 Å². The van der Waals surface area contributed by atoms with Gasteiger partial charge in [-0.15, -0.1) is 0 Å². The maximum absolute atomic E-state index is 12.1. The first-order chi connectivity index (χ1) is 11.9. The average molecular weight is 344 g/mol. The lowest BCUT2D eigenvalue weighted by Gasteiger charge is -2.21. The van der Waals surface area contributed by atoms with Gasteiger partial charge in [0.15, 0.2) is 0 Å². The maximum Gasteiger partial charge on any atom is 0.338 e. The van der Waals surface area contributed by atoms with Gasteiger partial charge in [-0.2, -0.15) is 0 Å². The van der Waals surface area contributed by atoms with E-state index in [1.165, 1.54) is 12.8 Å². The Balaban J connectivity index is 1.70. The molecule has 1 fully saturated rings. The lowest BCUT2D eigenvalue weighted by Crippen LogP contribution is -2.27. The van der Waals surface area contributed by atoms with Gasteiger partial charge in [-0.3, -0.25) is 4.79 Å². The summed E-state index contributed by atoms with van der Waals surface area (Å²) in [5.74, 6) is 0.123. The van der Waals surface area contributed by atoms with Crippen LogP contribution in [0.1, 0.15) is 56.8 Å². The van der Waals surface area contributed by atoms with E-state index in [4.69, 9.17) is 9.47 Å². The third-order valence-electron chi connectivity index (χ3n) is 4.35. The van der Waals surface area contributed by atoms with Gasteiger partial charge >= 0.3 is 11.9 Å². The first-order valence-corrected chi connectivity index (χ1v) is 8.98. The second-order valence-corrected chi connectivity index (χ2v) is 7.37. The zero-order valence-corrected chi connectivity index (χ0v) is 15.4. The van der Waals surface area contributed by atoms with E-state index in [1.807, 2.05) is 51.1 Å². The summed E-state index contributed by atoms with van der Waals surface area (Å²) in [5, 5.41) is 0. The van der Waals surface area contributed by atoms with Crippen molar-refractivity contribution in [2.75, 3.05) is 6.61 Å². The lowest BCUT2D eigenvalue weighted by molar-refractivity contribution is -0.154. The summed E-state index contributed by atoms with van der Waals surface area (Å²) in [6, 6.07) is 8.93. The van der Waals surface area contributed by atoms with E-state index in [0.717, 1.165) is 6.42 Å². The number of benzene rings is 1. The molecule has 1 aromatic carbocycles. The van der Waals surface area contributed by atoms with Gasteiger partial charge in [0.25, 0.3) is 0 Å². The van der Waals surface area contributed by atoms with Crippen LogP contribution in [-0.4, -0.2) is 24.6 Å². The van der Waals surface area contributed by atoms with E-state index >= 15 is 0 Å². The van der Waals surface area contributed by atoms with E-state index in [0.29, 0.717) is 24.5 Å². The molecule has 0 radical (unpaired) electrons. The van der Waals surface area contributed by atoms with Crippen LogP contribution in [0.15, 0.2) is 42.5 Å². The Morgan fingerprint density at radius 1 is 1.24 bits per heavy atom. The molecule has 1 saturated carbocycles. The summed E-state index contributed by atoms with van der Waals surface area (Å²) in [6.45, 7) is 6.21. The quantitative estimate of drug-likeness (QED) is 0.487. The van der Waals surface area contributed by atoms with Crippen molar-refractivity contribution >= 4 is 11.9 Å². The molecule has 4 heteroatoms. The second-order valence-electron chi connectivity index (χ2n) is 7.37. The van der Waals surface area contributed by atoms with Crippen molar-refractivity contribution in [1.82, 2.24) is 0 Å². The fourth-order valence-corrected chi connectivity index (χ4v) is 2.36. The molecule has 0 bridgehead atoms. The molecule has 0 spiro atoms. The van der Waals surface area contributed by atoms with Gasteiger partial charge in [0.2, 0.25) is 0 Å². The fourth-order valence-electron chi connectivity index (χ4n) is 2.36. The van der Waals surface area contributed by atoms with E-state index in [9.17, 15) is 9.59 Å². The average Bonchev–Trinajstić information content (AvgIpc) is 3.41. The Morgan fingerprint density at radius 2 is 1.92 bits per heavy atom. The summed E-state index contributed by atoms with van der Waals surface area (Å²) >= 11 is 0. The van der Waals surface area contributed by atoms with Crippen molar-refractivity contribution in [2.45, 2.75) is 52.6 Å². The Bertz CT molecular complexity index is 600. The minimum absolute atomic E-state index is 0.128. The number of hydrogen-bond acceptors (Lipinski definition) is 4. The third-order valence-corrected chi connectivity index (χ3v) is 4.35. The van der Waals surface area contributed by atoms with Crippen LogP contribution in [0, 0.1) is 11.3 Å². The molecule has 0 amide bonds. The molecule has 1 aliphatic rings. The van der Waals surface area contributed by atoms with Crippen LogP contribution >= 0.6 is 0 Å². The lowest BCUT2D eigenvalue weighted by atomic mass is 9.88. The Morgan fingerprint density at radius 3 is 2.56 bits per heavy atom. The predicted octanol–water partition coefficient (Wildman–Crippen LogP) is 4.55. The van der Waals surface area contributed by atoms with Crippen molar-refractivity contribution < 1.29 is 19.1 Å². The standard InChI is InChI=1S/C21H28O4/c1-16(25-19(22)18-10-5-4-6-11-18)9-7-8-14-21(2,3)20(23)24-15-17-12-13-17/h4-7,9-11,16-17H,8,12-15H2,1-3H3/b9-7+. The highest BCUT2D eigenvalue weighted by Gasteiger charge is 2.31. The molecular weight excluding hydrogens is 316 g/mol. The number of carbonyl (C=O) groups excluding carboxylic acids is 2. The minimum Gasteiger partial charge on any atom is -0.465 e. The predicted molar refractivity (Wildman–Crippen MR) is 97.2 cm³/mol. The van der Waals surface area contributed by atoms with Crippen LogP contribution in [0.2, 0.25) is 0 Å². The molecule has 0 heterocycles. The van der Waals surface area contributed by atoms with Crippen molar-refractivity contribution in [3.8, 4) is 0 Å². The molecule has 0 N–H and O–H groups in total. The number of ether oxygens (including phenoxy) is 2. The molecular formula is C21H28O4. The summed E-state index contributed by atoms with van der Waals surface area (Å²) in [6.07, 6.45) is 7.29. The number of esters is 2. The molecule has 136 valence electrons. The van der Waals surface area contributed by atoms with E-state index < -0.39 is 5.41 Å².